The highest BCUT2D eigenvalue weighted by Crippen LogP contribution is 2.22. The molecule has 0 bridgehead atoms. The van der Waals surface area contributed by atoms with E-state index in [1.807, 2.05) is 11.0 Å². The zero-order valence-corrected chi connectivity index (χ0v) is 15.1. The summed E-state index contributed by atoms with van der Waals surface area (Å²) in [4.78, 5) is 26.4. The van der Waals surface area contributed by atoms with Crippen LogP contribution in [-0.4, -0.2) is 47.4 Å². The van der Waals surface area contributed by atoms with Crippen LogP contribution < -0.4 is 5.56 Å². The van der Waals surface area contributed by atoms with Crippen molar-refractivity contribution in [1.82, 2.24) is 14.7 Å². The van der Waals surface area contributed by atoms with Gasteiger partial charge in [0.25, 0.3) is 11.5 Å². The smallest absolute Gasteiger partial charge is 0.274 e. The SMILES string of the molecule is COCCn1nc(C(=O)N2CCC(Cc3ccccc3)CC2)ccc1=O. The van der Waals surface area contributed by atoms with Gasteiger partial charge in [-0.2, -0.15) is 5.10 Å². The van der Waals surface area contributed by atoms with Gasteiger partial charge in [0.05, 0.1) is 13.2 Å². The molecule has 0 aliphatic carbocycles. The fourth-order valence-electron chi connectivity index (χ4n) is 3.35. The van der Waals surface area contributed by atoms with Gasteiger partial charge >= 0.3 is 0 Å². The van der Waals surface area contributed by atoms with E-state index < -0.39 is 0 Å². The molecule has 0 unspecified atom stereocenters. The minimum absolute atomic E-state index is 0.102. The van der Waals surface area contributed by atoms with Gasteiger partial charge in [-0.1, -0.05) is 30.3 Å². The predicted molar refractivity (Wildman–Crippen MR) is 99.1 cm³/mol. The molecule has 0 spiro atoms. The number of rotatable bonds is 6. The molecular weight excluding hydrogens is 330 g/mol. The van der Waals surface area contributed by atoms with Gasteiger partial charge in [-0.15, -0.1) is 0 Å². The number of carbonyl (C=O) groups excluding carboxylic acids is 1. The van der Waals surface area contributed by atoms with Gasteiger partial charge in [-0.3, -0.25) is 9.59 Å². The molecule has 0 saturated carbocycles. The van der Waals surface area contributed by atoms with Gasteiger partial charge in [-0.05, 0) is 36.8 Å². The number of likely N-dealkylation sites (tertiary alicyclic amines) is 1. The molecule has 6 heteroatoms. The Morgan fingerprint density at radius 3 is 2.58 bits per heavy atom. The molecule has 1 aliphatic rings. The summed E-state index contributed by atoms with van der Waals surface area (Å²) in [7, 11) is 1.57. The minimum atomic E-state index is -0.222. The standard InChI is InChI=1S/C20H25N3O3/c1-26-14-13-23-19(24)8-7-18(21-23)20(25)22-11-9-17(10-12-22)15-16-5-3-2-4-6-16/h2-8,17H,9-15H2,1H3. The molecule has 1 saturated heterocycles. The van der Waals surface area contributed by atoms with Crippen LogP contribution in [0.25, 0.3) is 0 Å². The lowest BCUT2D eigenvalue weighted by molar-refractivity contribution is 0.0681. The summed E-state index contributed by atoms with van der Waals surface area (Å²) >= 11 is 0. The lowest BCUT2D eigenvalue weighted by Gasteiger charge is -2.32. The van der Waals surface area contributed by atoms with Crippen molar-refractivity contribution in [3.63, 3.8) is 0 Å². The second-order valence-electron chi connectivity index (χ2n) is 6.70. The first-order valence-corrected chi connectivity index (χ1v) is 9.07. The van der Waals surface area contributed by atoms with Gasteiger partial charge in [0.15, 0.2) is 0 Å². The molecule has 1 aromatic heterocycles. The molecule has 1 amide bonds. The fourth-order valence-corrected chi connectivity index (χ4v) is 3.35. The van der Waals surface area contributed by atoms with Crippen LogP contribution in [-0.2, 0) is 17.7 Å². The Labute approximate surface area is 153 Å². The molecular formula is C20H25N3O3. The molecule has 26 heavy (non-hydrogen) atoms. The van der Waals surface area contributed by atoms with E-state index in [1.165, 1.54) is 22.4 Å². The number of nitrogens with zero attached hydrogens (tertiary/aromatic N) is 3. The van der Waals surface area contributed by atoms with Crippen molar-refractivity contribution in [3.8, 4) is 0 Å². The van der Waals surface area contributed by atoms with E-state index in [4.69, 9.17) is 4.74 Å². The number of carbonyl (C=O) groups is 1. The van der Waals surface area contributed by atoms with E-state index in [1.54, 1.807) is 7.11 Å². The summed E-state index contributed by atoms with van der Waals surface area (Å²) in [6.45, 7) is 2.19. The molecule has 6 nitrogen and oxygen atoms in total. The van der Waals surface area contributed by atoms with Crippen LogP contribution >= 0.6 is 0 Å². The molecule has 2 aromatic rings. The van der Waals surface area contributed by atoms with Crippen LogP contribution in [0, 0.1) is 5.92 Å². The number of aromatic nitrogens is 2. The third kappa shape index (κ3) is 4.58. The number of hydrogen-bond donors (Lipinski definition) is 0. The Bertz CT molecular complexity index is 780. The zero-order chi connectivity index (χ0) is 18.4. The maximum Gasteiger partial charge on any atom is 0.274 e. The Balaban J connectivity index is 1.59. The average Bonchev–Trinajstić information content (AvgIpc) is 2.68. The summed E-state index contributed by atoms with van der Waals surface area (Å²) < 4.78 is 6.27. The molecule has 0 radical (unpaired) electrons. The van der Waals surface area contributed by atoms with Crippen molar-refractivity contribution in [2.75, 3.05) is 26.8 Å². The molecule has 2 heterocycles. The second-order valence-corrected chi connectivity index (χ2v) is 6.70. The van der Waals surface area contributed by atoms with E-state index in [2.05, 4.69) is 29.4 Å². The highest BCUT2D eigenvalue weighted by Gasteiger charge is 2.25. The van der Waals surface area contributed by atoms with Crippen LogP contribution in [0.4, 0.5) is 0 Å². The van der Waals surface area contributed by atoms with Gasteiger partial charge in [0.2, 0.25) is 0 Å². The number of hydrogen-bond acceptors (Lipinski definition) is 4. The number of piperidine rings is 1. The van der Waals surface area contributed by atoms with E-state index >= 15 is 0 Å². The summed E-state index contributed by atoms with van der Waals surface area (Å²) in [6, 6.07) is 13.4. The van der Waals surface area contributed by atoms with Crippen molar-refractivity contribution in [3.05, 3.63) is 64.1 Å². The van der Waals surface area contributed by atoms with Crippen LogP contribution in [0.1, 0.15) is 28.9 Å². The van der Waals surface area contributed by atoms with Crippen molar-refractivity contribution < 1.29 is 9.53 Å². The number of ether oxygens (including phenoxy) is 1. The topological polar surface area (TPSA) is 64.4 Å². The fraction of sp³-hybridized carbons (Fsp3) is 0.450. The highest BCUT2D eigenvalue weighted by molar-refractivity contribution is 5.92. The summed E-state index contributed by atoms with van der Waals surface area (Å²) in [6.07, 6.45) is 3.04. The molecule has 138 valence electrons. The Hall–Kier alpha value is -2.47. The zero-order valence-electron chi connectivity index (χ0n) is 15.1. The molecule has 3 rings (SSSR count). The van der Waals surface area contributed by atoms with Crippen molar-refractivity contribution in [1.29, 1.82) is 0 Å². The number of methoxy groups -OCH3 is 1. The number of amides is 1. The van der Waals surface area contributed by atoms with Gasteiger partial charge in [0, 0.05) is 26.3 Å². The molecule has 1 aliphatic heterocycles. The highest BCUT2D eigenvalue weighted by atomic mass is 16.5. The van der Waals surface area contributed by atoms with E-state index in [9.17, 15) is 9.59 Å². The lowest BCUT2D eigenvalue weighted by Crippen LogP contribution is -2.40. The van der Waals surface area contributed by atoms with Crippen LogP contribution in [0.2, 0.25) is 0 Å². The van der Waals surface area contributed by atoms with E-state index in [0.717, 1.165) is 32.4 Å². The first kappa shape index (κ1) is 18.3. The van der Waals surface area contributed by atoms with Gasteiger partial charge < -0.3 is 9.64 Å². The van der Waals surface area contributed by atoms with Gasteiger partial charge in [-0.25, -0.2) is 4.68 Å². The summed E-state index contributed by atoms with van der Waals surface area (Å²) in [5.74, 6) is 0.499. The van der Waals surface area contributed by atoms with Crippen LogP contribution in [0.3, 0.4) is 0 Å². The Morgan fingerprint density at radius 1 is 1.15 bits per heavy atom. The second kappa shape index (κ2) is 8.76. The monoisotopic (exact) mass is 355 g/mol. The summed E-state index contributed by atoms with van der Waals surface area (Å²) in [5.41, 5.74) is 1.45. The maximum absolute atomic E-state index is 12.7. The normalized spacial score (nSPS) is 15.2. The first-order valence-electron chi connectivity index (χ1n) is 9.07. The van der Waals surface area contributed by atoms with Crippen molar-refractivity contribution >= 4 is 5.91 Å². The Morgan fingerprint density at radius 2 is 1.88 bits per heavy atom. The third-order valence-corrected chi connectivity index (χ3v) is 4.86. The molecule has 0 N–H and O–H groups in total. The van der Waals surface area contributed by atoms with Crippen molar-refractivity contribution in [2.24, 2.45) is 5.92 Å². The Kier molecular flexibility index (Phi) is 6.17. The van der Waals surface area contributed by atoms with Crippen molar-refractivity contribution in [2.45, 2.75) is 25.8 Å². The number of benzene rings is 1. The first-order chi connectivity index (χ1) is 12.7. The quantitative estimate of drug-likeness (QED) is 0.795. The summed E-state index contributed by atoms with van der Waals surface area (Å²) in [5, 5.41) is 4.20. The molecule has 1 aromatic carbocycles. The van der Waals surface area contributed by atoms with Crippen LogP contribution in [0.15, 0.2) is 47.3 Å². The largest absolute Gasteiger partial charge is 0.383 e. The lowest BCUT2D eigenvalue weighted by atomic mass is 9.90. The average molecular weight is 355 g/mol. The maximum atomic E-state index is 12.7. The predicted octanol–water partition coefficient (Wildman–Crippen LogP) is 1.98. The molecule has 0 atom stereocenters. The third-order valence-electron chi connectivity index (χ3n) is 4.86. The van der Waals surface area contributed by atoms with E-state index in [0.29, 0.717) is 24.8 Å². The van der Waals surface area contributed by atoms with Gasteiger partial charge in [0.1, 0.15) is 5.69 Å². The molecule has 1 fully saturated rings. The minimum Gasteiger partial charge on any atom is -0.383 e. The van der Waals surface area contributed by atoms with E-state index in [-0.39, 0.29) is 11.5 Å². The van der Waals surface area contributed by atoms with Crippen LogP contribution in [0.5, 0.6) is 0 Å².